The lowest BCUT2D eigenvalue weighted by Gasteiger charge is -2.44. The zero-order valence-corrected chi connectivity index (χ0v) is 11.6. The van der Waals surface area contributed by atoms with Crippen molar-refractivity contribution in [3.8, 4) is 0 Å². The molecule has 1 saturated heterocycles. The molecule has 5 nitrogen and oxygen atoms in total. The van der Waals surface area contributed by atoms with Crippen molar-refractivity contribution in [2.24, 2.45) is 10.9 Å². The minimum atomic E-state index is -0.351. The molecule has 5 heteroatoms. The van der Waals surface area contributed by atoms with Crippen molar-refractivity contribution in [1.82, 2.24) is 9.80 Å². The molecule has 0 atom stereocenters. The number of oxime groups is 1. The number of rotatable bonds is 3. The summed E-state index contributed by atoms with van der Waals surface area (Å²) in [6.07, 6.45) is 5.51. The van der Waals surface area contributed by atoms with Crippen LogP contribution in [-0.4, -0.2) is 58.6 Å². The zero-order valence-electron chi connectivity index (χ0n) is 11.6. The number of nitrogens with zero attached hydrogens (tertiary/aromatic N) is 3. The largest absolute Gasteiger partial charge is 0.409 e. The summed E-state index contributed by atoms with van der Waals surface area (Å²) >= 11 is 0. The van der Waals surface area contributed by atoms with E-state index < -0.39 is 0 Å². The van der Waals surface area contributed by atoms with E-state index in [1.54, 1.807) is 0 Å². The highest BCUT2D eigenvalue weighted by atomic mass is 16.4. The average molecular weight is 254 g/mol. The normalized spacial score (nSPS) is 25.8. The molecular formula is C13H26N4O. The second kappa shape index (κ2) is 5.45. The fourth-order valence-corrected chi connectivity index (χ4v) is 3.20. The minimum absolute atomic E-state index is 0.303. The van der Waals surface area contributed by atoms with Crippen LogP contribution >= 0.6 is 0 Å². The van der Waals surface area contributed by atoms with Gasteiger partial charge in [0.2, 0.25) is 0 Å². The molecule has 104 valence electrons. The van der Waals surface area contributed by atoms with Crippen LogP contribution in [0.4, 0.5) is 0 Å². The maximum atomic E-state index is 8.85. The zero-order chi connectivity index (χ0) is 13.2. The van der Waals surface area contributed by atoms with Crippen LogP contribution in [0.25, 0.3) is 0 Å². The van der Waals surface area contributed by atoms with Gasteiger partial charge in [-0.25, -0.2) is 0 Å². The minimum Gasteiger partial charge on any atom is -0.409 e. The SMILES string of the molecule is CC(C)(C(N)=NO)N1CCN(C2CCCC2)CC1. The Kier molecular flexibility index (Phi) is 4.12. The molecule has 3 N–H and O–H groups in total. The first-order chi connectivity index (χ1) is 8.55. The summed E-state index contributed by atoms with van der Waals surface area (Å²) in [6.45, 7) is 8.25. The number of hydrogen-bond donors (Lipinski definition) is 2. The second-order valence-electron chi connectivity index (χ2n) is 6.01. The van der Waals surface area contributed by atoms with E-state index in [2.05, 4.69) is 15.0 Å². The molecule has 1 aliphatic carbocycles. The van der Waals surface area contributed by atoms with Gasteiger partial charge in [-0.05, 0) is 26.7 Å². The van der Waals surface area contributed by atoms with Gasteiger partial charge in [-0.15, -0.1) is 0 Å². The van der Waals surface area contributed by atoms with Crippen LogP contribution in [-0.2, 0) is 0 Å². The molecule has 1 aliphatic heterocycles. The molecule has 0 spiro atoms. The van der Waals surface area contributed by atoms with Crippen LogP contribution in [0.5, 0.6) is 0 Å². The molecule has 2 rings (SSSR count). The fraction of sp³-hybridized carbons (Fsp3) is 0.923. The summed E-state index contributed by atoms with van der Waals surface area (Å²) < 4.78 is 0. The molecule has 0 unspecified atom stereocenters. The first-order valence-electron chi connectivity index (χ1n) is 7.03. The summed E-state index contributed by atoms with van der Waals surface area (Å²) in [5, 5.41) is 12.0. The van der Waals surface area contributed by atoms with Gasteiger partial charge in [0.1, 0.15) is 0 Å². The smallest absolute Gasteiger partial charge is 0.159 e. The van der Waals surface area contributed by atoms with E-state index in [1.165, 1.54) is 25.7 Å². The molecule has 2 aliphatic rings. The van der Waals surface area contributed by atoms with Gasteiger partial charge in [0, 0.05) is 32.2 Å². The van der Waals surface area contributed by atoms with E-state index in [1.807, 2.05) is 13.8 Å². The molecule has 2 fully saturated rings. The quantitative estimate of drug-likeness (QED) is 0.342. The topological polar surface area (TPSA) is 65.1 Å². The first kappa shape index (κ1) is 13.6. The molecule has 0 aromatic rings. The first-order valence-corrected chi connectivity index (χ1v) is 7.03. The second-order valence-corrected chi connectivity index (χ2v) is 6.01. The van der Waals surface area contributed by atoms with Crippen LogP contribution in [0.3, 0.4) is 0 Å². The summed E-state index contributed by atoms with van der Waals surface area (Å²) in [4.78, 5) is 4.93. The van der Waals surface area contributed by atoms with E-state index in [4.69, 9.17) is 10.9 Å². The molecule has 0 radical (unpaired) electrons. The molecular weight excluding hydrogens is 228 g/mol. The van der Waals surface area contributed by atoms with Gasteiger partial charge in [-0.2, -0.15) is 0 Å². The third-order valence-corrected chi connectivity index (χ3v) is 4.68. The van der Waals surface area contributed by atoms with Gasteiger partial charge in [-0.3, -0.25) is 9.80 Å². The van der Waals surface area contributed by atoms with Gasteiger partial charge in [0.15, 0.2) is 5.84 Å². The molecule has 0 bridgehead atoms. The van der Waals surface area contributed by atoms with Crippen LogP contribution in [0, 0.1) is 0 Å². The molecule has 0 aromatic heterocycles. The summed E-state index contributed by atoms with van der Waals surface area (Å²) in [6, 6.07) is 0.805. The van der Waals surface area contributed by atoms with Crippen LogP contribution in [0.2, 0.25) is 0 Å². The van der Waals surface area contributed by atoms with Crippen molar-refractivity contribution in [2.75, 3.05) is 26.2 Å². The number of nitrogens with two attached hydrogens (primary N) is 1. The number of amidine groups is 1. The van der Waals surface area contributed by atoms with E-state index in [9.17, 15) is 0 Å². The van der Waals surface area contributed by atoms with E-state index in [-0.39, 0.29) is 5.54 Å². The highest BCUT2D eigenvalue weighted by Crippen LogP contribution is 2.26. The molecule has 18 heavy (non-hydrogen) atoms. The molecule has 1 saturated carbocycles. The predicted molar refractivity (Wildman–Crippen MR) is 72.9 cm³/mol. The van der Waals surface area contributed by atoms with Gasteiger partial charge in [0.05, 0.1) is 5.54 Å². The third kappa shape index (κ3) is 2.62. The predicted octanol–water partition coefficient (Wildman–Crippen LogP) is 1.07. The van der Waals surface area contributed by atoms with Crippen LogP contribution < -0.4 is 5.73 Å². The Bertz CT molecular complexity index is 302. The Labute approximate surface area is 110 Å². The summed E-state index contributed by atoms with van der Waals surface area (Å²) in [5.74, 6) is 0.303. The average Bonchev–Trinajstić information content (AvgIpc) is 2.91. The molecule has 0 amide bonds. The molecule has 0 aromatic carbocycles. The lowest BCUT2D eigenvalue weighted by atomic mass is 10.00. The number of piperazine rings is 1. The van der Waals surface area contributed by atoms with Crippen molar-refractivity contribution in [1.29, 1.82) is 0 Å². The number of hydrogen-bond acceptors (Lipinski definition) is 4. The van der Waals surface area contributed by atoms with Crippen molar-refractivity contribution in [3.05, 3.63) is 0 Å². The van der Waals surface area contributed by atoms with Crippen molar-refractivity contribution >= 4 is 5.84 Å². The monoisotopic (exact) mass is 254 g/mol. The van der Waals surface area contributed by atoms with E-state index >= 15 is 0 Å². The Hall–Kier alpha value is -0.810. The lowest BCUT2D eigenvalue weighted by Crippen LogP contribution is -2.60. The van der Waals surface area contributed by atoms with Crippen molar-refractivity contribution in [3.63, 3.8) is 0 Å². The Morgan fingerprint density at radius 2 is 1.72 bits per heavy atom. The Morgan fingerprint density at radius 1 is 1.17 bits per heavy atom. The van der Waals surface area contributed by atoms with Crippen molar-refractivity contribution in [2.45, 2.75) is 51.1 Å². The Morgan fingerprint density at radius 3 is 2.22 bits per heavy atom. The summed E-state index contributed by atoms with van der Waals surface area (Å²) in [7, 11) is 0. The third-order valence-electron chi connectivity index (χ3n) is 4.68. The maximum absolute atomic E-state index is 8.85. The van der Waals surface area contributed by atoms with Gasteiger partial charge in [0.25, 0.3) is 0 Å². The fourth-order valence-electron chi connectivity index (χ4n) is 3.20. The van der Waals surface area contributed by atoms with Gasteiger partial charge < -0.3 is 10.9 Å². The standard InChI is InChI=1S/C13H26N4O/c1-13(2,12(14)15-18)17-9-7-16(8-10-17)11-5-3-4-6-11/h11,18H,3-10H2,1-2H3,(H2,14,15). The van der Waals surface area contributed by atoms with Gasteiger partial charge in [-0.1, -0.05) is 18.0 Å². The lowest BCUT2D eigenvalue weighted by molar-refractivity contribution is 0.0603. The van der Waals surface area contributed by atoms with Crippen molar-refractivity contribution < 1.29 is 5.21 Å². The highest BCUT2D eigenvalue weighted by molar-refractivity contribution is 5.88. The maximum Gasteiger partial charge on any atom is 0.159 e. The van der Waals surface area contributed by atoms with Crippen LogP contribution in [0.15, 0.2) is 5.16 Å². The molecule has 1 heterocycles. The highest BCUT2D eigenvalue weighted by Gasteiger charge is 2.35. The van der Waals surface area contributed by atoms with E-state index in [0.29, 0.717) is 5.84 Å². The summed E-state index contributed by atoms with van der Waals surface area (Å²) in [5.41, 5.74) is 5.43. The Balaban J connectivity index is 1.89. The van der Waals surface area contributed by atoms with E-state index in [0.717, 1.165) is 32.2 Å². The van der Waals surface area contributed by atoms with Crippen LogP contribution in [0.1, 0.15) is 39.5 Å². The van der Waals surface area contributed by atoms with Gasteiger partial charge >= 0.3 is 0 Å².